The van der Waals surface area contributed by atoms with E-state index in [1.165, 1.54) is 18.3 Å². The second-order valence-electron chi connectivity index (χ2n) is 6.91. The molecule has 3 rings (SSSR count). The first-order valence-corrected chi connectivity index (χ1v) is 8.85. The number of aliphatic hydroxyl groups is 1. The van der Waals surface area contributed by atoms with Crippen molar-refractivity contribution in [3.63, 3.8) is 0 Å². The van der Waals surface area contributed by atoms with Crippen molar-refractivity contribution in [2.75, 3.05) is 6.54 Å². The minimum Gasteiger partial charge on any atom is -0.392 e. The average molecular weight is 367 g/mol. The van der Waals surface area contributed by atoms with Gasteiger partial charge in [0.25, 0.3) is 5.56 Å². The molecule has 136 valence electrons. The molecular weight excluding hydrogens is 346 g/mol. The number of rotatable bonds is 4. The van der Waals surface area contributed by atoms with Crippen LogP contribution in [-0.2, 0) is 29.1 Å². The third-order valence-electron chi connectivity index (χ3n) is 4.11. The number of fused-ring (bicyclic) bond motifs is 3. The molecule has 8 nitrogen and oxygen atoms in total. The van der Waals surface area contributed by atoms with Gasteiger partial charge in [-0.25, -0.2) is 4.79 Å². The number of aromatic amines is 1. The zero-order chi connectivity index (χ0) is 18.4. The second-order valence-corrected chi connectivity index (χ2v) is 8.01. The summed E-state index contributed by atoms with van der Waals surface area (Å²) in [6.45, 7) is 5.51. The molecule has 0 unspecified atom stereocenters. The predicted molar refractivity (Wildman–Crippen MR) is 94.0 cm³/mol. The number of H-pyrrole nitrogens is 1. The fourth-order valence-corrected chi connectivity index (χ4v) is 3.98. The van der Waals surface area contributed by atoms with Crippen LogP contribution in [0.4, 0.5) is 0 Å². The van der Waals surface area contributed by atoms with Gasteiger partial charge in [0.05, 0.1) is 23.7 Å². The van der Waals surface area contributed by atoms with Gasteiger partial charge in [-0.1, -0.05) is 0 Å². The lowest BCUT2D eigenvalue weighted by molar-refractivity contribution is -0.122. The van der Waals surface area contributed by atoms with Crippen LogP contribution >= 0.6 is 11.3 Å². The molecule has 1 aliphatic heterocycles. The van der Waals surface area contributed by atoms with Gasteiger partial charge in [-0.05, 0) is 26.3 Å². The van der Waals surface area contributed by atoms with E-state index in [4.69, 9.17) is 4.74 Å². The van der Waals surface area contributed by atoms with Gasteiger partial charge in [-0.15, -0.1) is 11.3 Å². The zero-order valence-electron chi connectivity index (χ0n) is 14.3. The summed E-state index contributed by atoms with van der Waals surface area (Å²) in [4.78, 5) is 41.1. The van der Waals surface area contributed by atoms with Gasteiger partial charge in [0.1, 0.15) is 11.4 Å². The maximum Gasteiger partial charge on any atom is 0.329 e. The highest BCUT2D eigenvalue weighted by Crippen LogP contribution is 2.36. The summed E-state index contributed by atoms with van der Waals surface area (Å²) in [6, 6.07) is 0. The largest absolute Gasteiger partial charge is 0.392 e. The standard InChI is InChI=1S/C16H21N3O5S/c1-8(20)5-17-11(21)6-19-14(22)12-9-4-16(2,3)24-7-10(9)25-13(12)18-15(19)23/h8,20H,4-7H2,1-3H3,(H,17,21)(H,18,23)/t8-/m1/s1. The van der Waals surface area contributed by atoms with Crippen LogP contribution < -0.4 is 16.6 Å². The fraction of sp³-hybridized carbons (Fsp3) is 0.562. The molecule has 0 saturated carbocycles. The van der Waals surface area contributed by atoms with Gasteiger partial charge in [0, 0.05) is 17.8 Å². The highest BCUT2D eigenvalue weighted by Gasteiger charge is 2.31. The van der Waals surface area contributed by atoms with Crippen molar-refractivity contribution in [1.82, 2.24) is 14.9 Å². The first kappa shape index (κ1) is 17.8. The van der Waals surface area contributed by atoms with Crippen LogP contribution in [0.25, 0.3) is 10.2 Å². The van der Waals surface area contributed by atoms with Gasteiger partial charge >= 0.3 is 5.69 Å². The molecule has 2 aromatic heterocycles. The summed E-state index contributed by atoms with van der Waals surface area (Å²) in [5, 5.41) is 12.2. The van der Waals surface area contributed by atoms with E-state index in [1.54, 1.807) is 0 Å². The summed E-state index contributed by atoms with van der Waals surface area (Å²) in [5.41, 5.74) is -0.594. The Morgan fingerprint density at radius 2 is 2.20 bits per heavy atom. The van der Waals surface area contributed by atoms with Crippen molar-refractivity contribution < 1.29 is 14.6 Å². The van der Waals surface area contributed by atoms with Gasteiger partial charge in [-0.3, -0.25) is 19.1 Å². The number of carbonyl (C=O) groups excluding carboxylic acids is 1. The monoisotopic (exact) mass is 367 g/mol. The Hall–Kier alpha value is -1.97. The molecule has 1 amide bonds. The van der Waals surface area contributed by atoms with Crippen LogP contribution in [0.2, 0.25) is 0 Å². The second kappa shape index (κ2) is 6.40. The van der Waals surface area contributed by atoms with Crippen molar-refractivity contribution in [3.05, 3.63) is 31.3 Å². The highest BCUT2D eigenvalue weighted by atomic mass is 32.1. The summed E-state index contributed by atoms with van der Waals surface area (Å²) in [7, 11) is 0. The van der Waals surface area contributed by atoms with E-state index in [9.17, 15) is 19.5 Å². The van der Waals surface area contributed by atoms with Crippen LogP contribution in [-0.4, -0.2) is 38.8 Å². The van der Waals surface area contributed by atoms with E-state index in [1.807, 2.05) is 13.8 Å². The highest BCUT2D eigenvalue weighted by molar-refractivity contribution is 7.18. The lowest BCUT2D eigenvalue weighted by atomic mass is 9.94. The van der Waals surface area contributed by atoms with Crippen LogP contribution in [0.15, 0.2) is 9.59 Å². The van der Waals surface area contributed by atoms with E-state index in [-0.39, 0.29) is 18.7 Å². The minimum absolute atomic E-state index is 0.0626. The topological polar surface area (TPSA) is 113 Å². The third kappa shape index (κ3) is 3.53. The minimum atomic E-state index is -0.701. The lowest BCUT2D eigenvalue weighted by Crippen LogP contribution is -2.42. The van der Waals surface area contributed by atoms with Crippen molar-refractivity contribution in [1.29, 1.82) is 0 Å². The van der Waals surface area contributed by atoms with Crippen molar-refractivity contribution in [2.45, 2.75) is 52.0 Å². The van der Waals surface area contributed by atoms with Crippen molar-refractivity contribution in [2.24, 2.45) is 0 Å². The van der Waals surface area contributed by atoms with Crippen LogP contribution in [0.1, 0.15) is 31.2 Å². The molecule has 1 aliphatic rings. The number of thiophene rings is 1. The summed E-state index contributed by atoms with van der Waals surface area (Å²) >= 11 is 1.34. The Labute approximate surface area is 147 Å². The third-order valence-corrected chi connectivity index (χ3v) is 5.23. The molecule has 0 fully saturated rings. The molecule has 3 N–H and O–H groups in total. The molecule has 0 saturated heterocycles. The molecule has 3 heterocycles. The Kier molecular flexibility index (Phi) is 4.56. The number of amides is 1. The number of aliphatic hydroxyl groups excluding tert-OH is 1. The summed E-state index contributed by atoms with van der Waals surface area (Å²) in [5.74, 6) is -0.499. The smallest absolute Gasteiger partial charge is 0.329 e. The van der Waals surface area contributed by atoms with Gasteiger partial charge < -0.3 is 15.2 Å². The molecule has 1 atom stereocenters. The molecule has 0 aliphatic carbocycles. The molecule has 0 radical (unpaired) electrons. The van der Waals surface area contributed by atoms with E-state index in [0.717, 1.165) is 15.0 Å². The van der Waals surface area contributed by atoms with Crippen LogP contribution in [0.5, 0.6) is 0 Å². The number of ether oxygens (including phenoxy) is 1. The number of carbonyl (C=O) groups is 1. The van der Waals surface area contributed by atoms with E-state index in [0.29, 0.717) is 23.2 Å². The van der Waals surface area contributed by atoms with Gasteiger partial charge in [0.15, 0.2) is 0 Å². The molecule has 25 heavy (non-hydrogen) atoms. The molecular formula is C16H21N3O5S. The lowest BCUT2D eigenvalue weighted by Gasteiger charge is -2.29. The average Bonchev–Trinajstić information content (AvgIpc) is 2.85. The zero-order valence-corrected chi connectivity index (χ0v) is 15.2. The summed E-state index contributed by atoms with van der Waals surface area (Å²) < 4.78 is 6.66. The Bertz CT molecular complexity index is 938. The van der Waals surface area contributed by atoms with E-state index in [2.05, 4.69) is 10.3 Å². The van der Waals surface area contributed by atoms with Crippen LogP contribution in [0.3, 0.4) is 0 Å². The van der Waals surface area contributed by atoms with Crippen molar-refractivity contribution >= 4 is 27.5 Å². The first-order valence-electron chi connectivity index (χ1n) is 8.04. The van der Waals surface area contributed by atoms with E-state index < -0.39 is 23.3 Å². The van der Waals surface area contributed by atoms with Crippen LogP contribution in [0, 0.1) is 0 Å². The molecule has 0 aromatic carbocycles. The maximum absolute atomic E-state index is 12.8. The molecule has 2 aromatic rings. The number of nitrogens with zero attached hydrogens (tertiary/aromatic N) is 1. The normalized spacial score (nSPS) is 17.3. The van der Waals surface area contributed by atoms with Gasteiger partial charge in [-0.2, -0.15) is 0 Å². The number of hydrogen-bond acceptors (Lipinski definition) is 6. The molecule has 0 spiro atoms. The Morgan fingerprint density at radius 1 is 1.48 bits per heavy atom. The Morgan fingerprint density at radius 3 is 2.88 bits per heavy atom. The first-order chi connectivity index (χ1) is 11.7. The fourth-order valence-electron chi connectivity index (χ4n) is 2.86. The van der Waals surface area contributed by atoms with Gasteiger partial charge in [0.2, 0.25) is 5.91 Å². The quantitative estimate of drug-likeness (QED) is 0.709. The number of hydrogen-bond donors (Lipinski definition) is 3. The Balaban J connectivity index is 2.02. The number of aromatic nitrogens is 2. The SMILES string of the molecule is C[C@@H](O)CNC(=O)Cn1c(=O)[nH]c2sc3c(c2c1=O)CC(C)(C)OC3. The maximum atomic E-state index is 12.8. The predicted octanol–water partition coefficient (Wildman–Crippen LogP) is 0.0996. The number of nitrogens with one attached hydrogen (secondary N) is 2. The molecule has 9 heteroatoms. The van der Waals surface area contributed by atoms with E-state index >= 15 is 0 Å². The molecule has 0 bridgehead atoms. The summed E-state index contributed by atoms with van der Waals surface area (Å²) in [6.07, 6.45) is -0.134. The van der Waals surface area contributed by atoms with Crippen molar-refractivity contribution in [3.8, 4) is 0 Å².